The Labute approximate surface area is 187 Å². The summed E-state index contributed by atoms with van der Waals surface area (Å²) in [4.78, 5) is 12.6. The van der Waals surface area contributed by atoms with Crippen LogP contribution in [0, 0.1) is 0 Å². The van der Waals surface area contributed by atoms with Gasteiger partial charge in [-0.05, 0) is 44.4 Å². The maximum Gasteiger partial charge on any atom is 0.240 e. The molecule has 0 radical (unpaired) electrons. The van der Waals surface area contributed by atoms with Gasteiger partial charge in [0.2, 0.25) is 5.91 Å². The predicted molar refractivity (Wildman–Crippen MR) is 120 cm³/mol. The first kappa shape index (κ1) is 23.6. The fourth-order valence-corrected chi connectivity index (χ4v) is 3.01. The minimum absolute atomic E-state index is 0.139. The highest BCUT2D eigenvalue weighted by Gasteiger charge is 2.28. The van der Waals surface area contributed by atoms with E-state index in [-0.39, 0.29) is 19.1 Å². The van der Waals surface area contributed by atoms with Crippen molar-refractivity contribution in [3.63, 3.8) is 0 Å². The minimum Gasteiger partial charge on any atom is -0.492 e. The number of amides is 1. The molecule has 1 atom stereocenters. The Morgan fingerprint density at radius 2 is 1.97 bits per heavy atom. The molecule has 9 nitrogen and oxygen atoms in total. The van der Waals surface area contributed by atoms with Gasteiger partial charge in [-0.3, -0.25) is 9.20 Å². The summed E-state index contributed by atoms with van der Waals surface area (Å²) in [5.74, 6) is 0.844. The number of fused-ring (bicyclic) bond motifs is 1. The molecule has 1 aromatic carbocycles. The number of carbonyl (C=O) groups is 1. The molecule has 1 amide bonds. The van der Waals surface area contributed by atoms with Gasteiger partial charge in [0.1, 0.15) is 11.8 Å². The van der Waals surface area contributed by atoms with Gasteiger partial charge in [-0.25, -0.2) is 0 Å². The molecule has 0 saturated carbocycles. The van der Waals surface area contributed by atoms with Crippen molar-refractivity contribution >= 4 is 11.6 Å². The highest BCUT2D eigenvalue weighted by molar-refractivity contribution is 5.85. The summed E-state index contributed by atoms with van der Waals surface area (Å²) >= 11 is 0. The normalized spacial score (nSPS) is 12.6. The zero-order chi connectivity index (χ0) is 23.0. The third kappa shape index (κ3) is 6.49. The van der Waals surface area contributed by atoms with Gasteiger partial charge in [0.15, 0.2) is 11.5 Å². The van der Waals surface area contributed by atoms with Crippen LogP contribution in [0.4, 0.5) is 0 Å². The fraction of sp³-hybridized carbons (Fsp3) is 0.435. The maximum atomic E-state index is 12.6. The van der Waals surface area contributed by atoms with Crippen LogP contribution in [0.5, 0.6) is 5.75 Å². The minimum atomic E-state index is -1.06. The molecule has 32 heavy (non-hydrogen) atoms. The van der Waals surface area contributed by atoms with E-state index in [2.05, 4.69) is 15.5 Å². The molecule has 9 heteroatoms. The van der Waals surface area contributed by atoms with Crippen LogP contribution in [0.15, 0.2) is 48.7 Å². The first-order valence-electron chi connectivity index (χ1n) is 10.7. The first-order chi connectivity index (χ1) is 15.4. The summed E-state index contributed by atoms with van der Waals surface area (Å²) in [6, 6.07) is 12.8. The number of pyridine rings is 1. The lowest BCUT2D eigenvalue weighted by atomic mass is 10.1. The Bertz CT molecular complexity index is 1000. The third-order valence-corrected chi connectivity index (χ3v) is 4.82. The molecule has 0 saturated heterocycles. The van der Waals surface area contributed by atoms with Crippen LogP contribution >= 0.6 is 0 Å². The third-order valence-electron chi connectivity index (χ3n) is 4.82. The van der Waals surface area contributed by atoms with Crippen LogP contribution in [0.25, 0.3) is 5.65 Å². The van der Waals surface area contributed by atoms with Gasteiger partial charge < -0.3 is 25.6 Å². The smallest absolute Gasteiger partial charge is 0.240 e. The molecule has 0 fully saturated rings. The lowest BCUT2D eigenvalue weighted by molar-refractivity contribution is -0.126. The second-order valence-electron chi connectivity index (χ2n) is 8.18. The number of ether oxygens (including phenoxy) is 2. The first-order valence-corrected chi connectivity index (χ1v) is 10.7. The van der Waals surface area contributed by atoms with Gasteiger partial charge in [-0.15, -0.1) is 10.2 Å². The largest absolute Gasteiger partial charge is 0.492 e. The monoisotopic (exact) mass is 441 g/mol. The number of carbonyl (C=O) groups excluding carboxylic acids is 1. The van der Waals surface area contributed by atoms with Gasteiger partial charge in [-0.2, -0.15) is 0 Å². The van der Waals surface area contributed by atoms with Crippen LogP contribution in [-0.2, 0) is 16.1 Å². The maximum absolute atomic E-state index is 12.6. The fourth-order valence-electron chi connectivity index (χ4n) is 3.01. The molecule has 4 N–H and O–H groups in total. The summed E-state index contributed by atoms with van der Waals surface area (Å²) in [5.41, 5.74) is 6.58. The van der Waals surface area contributed by atoms with Crippen molar-refractivity contribution < 1.29 is 19.4 Å². The predicted octanol–water partition coefficient (Wildman–Crippen LogP) is 1.99. The van der Waals surface area contributed by atoms with Crippen LogP contribution in [0.1, 0.15) is 44.1 Å². The second-order valence-corrected chi connectivity index (χ2v) is 8.18. The SMILES string of the molecule is CC(C)(N)C(=O)N[C@H](COCc1ccccc1)c1nnc2ccc(OCCCCO)cn12. The molecule has 0 aliphatic rings. The van der Waals surface area contributed by atoms with E-state index in [1.165, 1.54) is 0 Å². The van der Waals surface area contributed by atoms with E-state index in [1.54, 1.807) is 30.5 Å². The quantitative estimate of drug-likeness (QED) is 0.367. The number of nitrogens with one attached hydrogen (secondary N) is 1. The van der Waals surface area contributed by atoms with Gasteiger partial charge in [0, 0.05) is 6.61 Å². The summed E-state index contributed by atoms with van der Waals surface area (Å²) < 4.78 is 13.4. The number of benzene rings is 1. The van der Waals surface area contributed by atoms with Crippen molar-refractivity contribution in [2.45, 2.75) is 44.9 Å². The van der Waals surface area contributed by atoms with E-state index >= 15 is 0 Å². The Kier molecular flexibility index (Phi) is 8.15. The molecule has 2 aromatic heterocycles. The zero-order valence-electron chi connectivity index (χ0n) is 18.5. The number of nitrogens with zero attached hydrogens (tertiary/aromatic N) is 3. The Morgan fingerprint density at radius 3 is 2.69 bits per heavy atom. The van der Waals surface area contributed by atoms with Gasteiger partial charge in [-0.1, -0.05) is 30.3 Å². The molecule has 0 unspecified atom stereocenters. The average Bonchev–Trinajstić information content (AvgIpc) is 3.19. The molecule has 0 spiro atoms. The number of rotatable bonds is 12. The molecule has 3 rings (SSSR count). The van der Waals surface area contributed by atoms with E-state index in [0.29, 0.717) is 36.9 Å². The highest BCUT2D eigenvalue weighted by atomic mass is 16.5. The second kappa shape index (κ2) is 11.0. The van der Waals surface area contributed by atoms with E-state index in [9.17, 15) is 4.79 Å². The van der Waals surface area contributed by atoms with Crippen LogP contribution in [0.2, 0.25) is 0 Å². The van der Waals surface area contributed by atoms with E-state index in [1.807, 2.05) is 36.4 Å². The highest BCUT2D eigenvalue weighted by Crippen LogP contribution is 2.19. The van der Waals surface area contributed by atoms with Crippen LogP contribution in [0.3, 0.4) is 0 Å². The van der Waals surface area contributed by atoms with Crippen molar-refractivity contribution in [1.82, 2.24) is 19.9 Å². The van der Waals surface area contributed by atoms with Crippen molar-refractivity contribution in [3.05, 3.63) is 60.0 Å². The lowest BCUT2D eigenvalue weighted by Crippen LogP contribution is -2.50. The van der Waals surface area contributed by atoms with E-state index < -0.39 is 11.6 Å². The summed E-state index contributed by atoms with van der Waals surface area (Å²) in [6.07, 6.45) is 3.22. The zero-order valence-corrected chi connectivity index (χ0v) is 18.5. The van der Waals surface area contributed by atoms with Gasteiger partial charge in [0.25, 0.3) is 0 Å². The summed E-state index contributed by atoms with van der Waals surface area (Å²) in [7, 11) is 0. The Morgan fingerprint density at radius 1 is 1.19 bits per heavy atom. The topological polar surface area (TPSA) is 124 Å². The molecule has 172 valence electrons. The standard InChI is InChI=1S/C23H31N5O4/c1-23(2,24)22(30)25-19(16-31-15-17-8-4-3-5-9-17)21-27-26-20-11-10-18(14-28(20)21)32-13-7-6-12-29/h3-5,8-11,14,19,29H,6-7,12-13,15-16,24H2,1-2H3,(H,25,30)/t19-/m1/s1. The van der Waals surface area contributed by atoms with Crippen LogP contribution in [-0.4, -0.2) is 51.0 Å². The molecule has 3 aromatic rings. The molecular weight excluding hydrogens is 410 g/mol. The average molecular weight is 442 g/mol. The van der Waals surface area contributed by atoms with E-state index in [4.69, 9.17) is 20.3 Å². The van der Waals surface area contributed by atoms with Gasteiger partial charge >= 0.3 is 0 Å². The molecule has 2 heterocycles. The number of nitrogens with two attached hydrogens (primary N) is 1. The summed E-state index contributed by atoms with van der Waals surface area (Å²) in [6.45, 7) is 4.51. The Balaban J connectivity index is 1.79. The lowest BCUT2D eigenvalue weighted by Gasteiger charge is -2.23. The van der Waals surface area contributed by atoms with Crippen LogP contribution < -0.4 is 15.8 Å². The van der Waals surface area contributed by atoms with Crippen molar-refractivity contribution in [2.75, 3.05) is 19.8 Å². The van der Waals surface area contributed by atoms with E-state index in [0.717, 1.165) is 12.0 Å². The number of hydrogen-bond acceptors (Lipinski definition) is 7. The Hall–Kier alpha value is -3.01. The summed E-state index contributed by atoms with van der Waals surface area (Å²) in [5, 5.41) is 20.4. The number of aliphatic hydroxyl groups excluding tert-OH is 1. The number of aliphatic hydroxyl groups is 1. The molecule has 0 aliphatic heterocycles. The van der Waals surface area contributed by atoms with Gasteiger partial charge in [0.05, 0.1) is 31.6 Å². The van der Waals surface area contributed by atoms with Crippen molar-refractivity contribution in [3.8, 4) is 5.75 Å². The molecule has 0 bridgehead atoms. The number of unbranched alkanes of at least 4 members (excludes halogenated alkanes) is 1. The van der Waals surface area contributed by atoms with Crippen molar-refractivity contribution in [1.29, 1.82) is 0 Å². The van der Waals surface area contributed by atoms with Crippen molar-refractivity contribution in [2.24, 2.45) is 5.73 Å². The molecule has 0 aliphatic carbocycles. The molecular formula is C23H31N5O4. The number of hydrogen-bond donors (Lipinski definition) is 3. The number of aromatic nitrogens is 3.